The first-order valence-electron chi connectivity index (χ1n) is 14.5. The Balaban J connectivity index is 1.40. The van der Waals surface area contributed by atoms with E-state index in [-0.39, 0.29) is 29.3 Å². The van der Waals surface area contributed by atoms with E-state index < -0.39 is 0 Å². The van der Waals surface area contributed by atoms with Crippen LogP contribution in [-0.2, 0) is 21.4 Å². The summed E-state index contributed by atoms with van der Waals surface area (Å²) in [5.74, 6) is 2.65. The third-order valence-corrected chi connectivity index (χ3v) is 9.49. The highest BCUT2D eigenvalue weighted by Gasteiger charge is 2.66. The molecule has 2 heterocycles. The van der Waals surface area contributed by atoms with Gasteiger partial charge in [0.2, 0.25) is 5.91 Å². The molecule has 0 unspecified atom stereocenters. The van der Waals surface area contributed by atoms with Gasteiger partial charge in [-0.25, -0.2) is 0 Å². The molecule has 2 aromatic carbocycles. The number of carbonyl (C=O) groups excluding carboxylic acids is 2. The number of amides is 1. The van der Waals surface area contributed by atoms with Crippen LogP contribution in [-0.4, -0.2) is 66.4 Å². The normalized spacial score (nSPS) is 28.7. The molecule has 2 aliphatic heterocycles. The number of carbonyl (C=O) groups is 2. The first kappa shape index (κ1) is 26.1. The lowest BCUT2D eigenvalue weighted by atomic mass is 9.51. The lowest BCUT2D eigenvalue weighted by molar-refractivity contribution is -0.139. The van der Waals surface area contributed by atoms with Crippen LogP contribution in [0, 0.1) is 11.8 Å². The lowest BCUT2D eigenvalue weighted by Crippen LogP contribution is -2.69. The summed E-state index contributed by atoms with van der Waals surface area (Å²) >= 11 is 0. The second kappa shape index (κ2) is 10.1. The molecule has 1 spiro atoms. The Hall–Kier alpha value is -3.12. The fourth-order valence-corrected chi connectivity index (χ4v) is 8.16. The Morgan fingerprint density at radius 2 is 1.97 bits per heavy atom. The lowest BCUT2D eigenvalue weighted by Gasteiger charge is -2.60. The molecule has 0 radical (unpaired) electrons. The van der Waals surface area contributed by atoms with E-state index in [1.165, 1.54) is 11.1 Å². The molecule has 1 amide bonds. The summed E-state index contributed by atoms with van der Waals surface area (Å²) in [6.45, 7) is 8.10. The van der Waals surface area contributed by atoms with Crippen LogP contribution in [0.5, 0.6) is 11.5 Å². The van der Waals surface area contributed by atoms with Crippen molar-refractivity contribution in [3.63, 3.8) is 0 Å². The van der Waals surface area contributed by atoms with Crippen LogP contribution >= 0.6 is 0 Å². The predicted molar refractivity (Wildman–Crippen MR) is 152 cm³/mol. The average molecular weight is 529 g/mol. The predicted octanol–water partition coefficient (Wildman–Crippen LogP) is 4.89. The van der Waals surface area contributed by atoms with Crippen LogP contribution in [0.2, 0.25) is 0 Å². The highest BCUT2D eigenvalue weighted by Crippen LogP contribution is 2.64. The molecule has 2 aromatic rings. The van der Waals surface area contributed by atoms with Crippen molar-refractivity contribution >= 4 is 17.8 Å². The maximum Gasteiger partial charge on any atom is 0.246 e. The van der Waals surface area contributed by atoms with Crippen molar-refractivity contribution in [3.8, 4) is 11.5 Å². The quantitative estimate of drug-likeness (QED) is 0.457. The molecule has 6 nitrogen and oxygen atoms in total. The number of hydrogen-bond donors (Lipinski definition) is 0. The van der Waals surface area contributed by atoms with Crippen LogP contribution in [0.4, 0.5) is 0 Å². The van der Waals surface area contributed by atoms with E-state index in [4.69, 9.17) is 9.47 Å². The zero-order valence-electron chi connectivity index (χ0n) is 23.6. The molecule has 6 rings (SSSR count). The number of piperidine rings is 1. The molecule has 5 atom stereocenters. The highest BCUT2D eigenvalue weighted by atomic mass is 16.5. The van der Waals surface area contributed by atoms with Crippen LogP contribution in [0.15, 0.2) is 48.5 Å². The molecule has 2 bridgehead atoms. The van der Waals surface area contributed by atoms with Crippen molar-refractivity contribution in [1.82, 2.24) is 9.80 Å². The van der Waals surface area contributed by atoms with Gasteiger partial charge >= 0.3 is 0 Å². The molecule has 206 valence electrons. The Morgan fingerprint density at radius 3 is 2.69 bits per heavy atom. The van der Waals surface area contributed by atoms with Gasteiger partial charge in [0.25, 0.3) is 0 Å². The third kappa shape index (κ3) is 4.28. The summed E-state index contributed by atoms with van der Waals surface area (Å²) in [6, 6.07) is 14.5. The zero-order valence-corrected chi connectivity index (χ0v) is 23.6. The number of hydrogen-bond acceptors (Lipinski definition) is 5. The summed E-state index contributed by atoms with van der Waals surface area (Å²) < 4.78 is 12.8. The number of ketones is 1. The number of likely N-dealkylation sites (tertiary alicyclic amines) is 1. The van der Waals surface area contributed by atoms with Crippen molar-refractivity contribution in [1.29, 1.82) is 0 Å². The molecule has 1 saturated carbocycles. The first-order valence-corrected chi connectivity index (χ1v) is 14.5. The van der Waals surface area contributed by atoms with Crippen LogP contribution in [0.25, 0.3) is 6.08 Å². The third-order valence-electron chi connectivity index (χ3n) is 9.49. The van der Waals surface area contributed by atoms with E-state index in [2.05, 4.69) is 29.7 Å². The van der Waals surface area contributed by atoms with E-state index in [1.807, 2.05) is 42.5 Å². The van der Waals surface area contributed by atoms with Gasteiger partial charge in [-0.2, -0.15) is 0 Å². The number of methoxy groups -OCH3 is 1. The molecule has 0 aromatic heterocycles. The molecular weight excluding hydrogens is 488 g/mol. The summed E-state index contributed by atoms with van der Waals surface area (Å²) in [7, 11) is 1.71. The van der Waals surface area contributed by atoms with E-state index in [9.17, 15) is 9.59 Å². The summed E-state index contributed by atoms with van der Waals surface area (Å²) in [5.41, 5.74) is 3.48. The topological polar surface area (TPSA) is 59.1 Å². The van der Waals surface area contributed by atoms with Gasteiger partial charge in [-0.3, -0.25) is 14.5 Å². The van der Waals surface area contributed by atoms with Crippen LogP contribution in [0.1, 0.15) is 56.7 Å². The number of rotatable bonds is 8. The number of nitrogens with zero attached hydrogens (tertiary/aromatic N) is 2. The maximum absolute atomic E-state index is 13.9. The molecule has 0 N–H and O–H groups in total. The number of Topliss-reactive ketones (excluding diaryl/α,β-unsaturated/α-hetero) is 1. The van der Waals surface area contributed by atoms with Gasteiger partial charge in [-0.05, 0) is 74.3 Å². The van der Waals surface area contributed by atoms with E-state index in [0.29, 0.717) is 31.0 Å². The summed E-state index contributed by atoms with van der Waals surface area (Å²) in [6.07, 6.45) is 7.29. The van der Waals surface area contributed by atoms with Gasteiger partial charge in [-0.1, -0.05) is 50.2 Å². The van der Waals surface area contributed by atoms with Gasteiger partial charge in [0.1, 0.15) is 11.9 Å². The number of ether oxygens (including phenoxy) is 2. The van der Waals surface area contributed by atoms with Gasteiger partial charge in [0.05, 0.1) is 19.7 Å². The van der Waals surface area contributed by atoms with Crippen molar-refractivity contribution < 1.29 is 19.1 Å². The van der Waals surface area contributed by atoms with Crippen molar-refractivity contribution in [2.24, 2.45) is 11.8 Å². The summed E-state index contributed by atoms with van der Waals surface area (Å²) in [4.78, 5) is 30.5. The number of benzene rings is 2. The van der Waals surface area contributed by atoms with Crippen molar-refractivity contribution in [2.75, 3.05) is 26.7 Å². The Morgan fingerprint density at radius 1 is 1.18 bits per heavy atom. The monoisotopic (exact) mass is 528 g/mol. The smallest absolute Gasteiger partial charge is 0.246 e. The second-order valence-electron chi connectivity index (χ2n) is 12.3. The largest absolute Gasteiger partial charge is 0.493 e. The van der Waals surface area contributed by atoms with Gasteiger partial charge in [0, 0.05) is 29.6 Å². The van der Waals surface area contributed by atoms with Crippen LogP contribution in [0.3, 0.4) is 0 Å². The maximum atomic E-state index is 13.9. The zero-order chi connectivity index (χ0) is 27.3. The van der Waals surface area contributed by atoms with Gasteiger partial charge in [-0.15, -0.1) is 0 Å². The van der Waals surface area contributed by atoms with E-state index >= 15 is 0 Å². The molecule has 6 heteroatoms. The SMILES string of the molecule is COc1ccc2c3c1O[C@H]1[C@@H](N(CC(C)C)C(=O)C=Cc4ccccc4)CC[C@H]4[C@@H](C2)N(CC(C)=O)CC[C@@]341. The molecule has 4 aliphatic rings. The molecular formula is C33H40N2O4. The fraction of sp³-hybridized carbons (Fsp3) is 0.515. The highest BCUT2D eigenvalue weighted by molar-refractivity contribution is 5.92. The second-order valence-corrected chi connectivity index (χ2v) is 12.3. The minimum atomic E-state index is -0.170. The van der Waals surface area contributed by atoms with Crippen molar-refractivity contribution in [3.05, 3.63) is 65.2 Å². The molecule has 39 heavy (non-hydrogen) atoms. The Kier molecular flexibility index (Phi) is 6.78. The molecule has 2 fully saturated rings. The molecule has 1 saturated heterocycles. The Labute approximate surface area is 232 Å². The minimum Gasteiger partial charge on any atom is -0.493 e. The Bertz CT molecular complexity index is 1290. The van der Waals surface area contributed by atoms with E-state index in [1.54, 1.807) is 20.1 Å². The summed E-state index contributed by atoms with van der Waals surface area (Å²) in [5, 5.41) is 0. The van der Waals surface area contributed by atoms with Crippen molar-refractivity contribution in [2.45, 2.75) is 70.1 Å². The van der Waals surface area contributed by atoms with Gasteiger partial charge in [0.15, 0.2) is 11.5 Å². The standard InChI is InChI=1S/C33H40N2O4/c1-21(2)19-35(29(37)15-10-23-8-6-5-7-9-23)26-13-12-25-27-18-24-11-14-28(38-4)31-30(24)33(25,32(26)39-31)16-17-34(27)20-22(3)36/h5-11,14-15,21,25-27,32H,12-13,16-20H2,1-4H3/t25-,26-,27+,32-,33-/m0/s1. The fourth-order valence-electron chi connectivity index (χ4n) is 8.16. The van der Waals surface area contributed by atoms with Crippen LogP contribution < -0.4 is 9.47 Å². The minimum absolute atomic E-state index is 0.0281. The van der Waals surface area contributed by atoms with E-state index in [0.717, 1.165) is 49.3 Å². The average Bonchev–Trinajstić information content (AvgIpc) is 3.27. The molecule has 2 aliphatic carbocycles. The first-order chi connectivity index (χ1) is 18.8. The van der Waals surface area contributed by atoms with Gasteiger partial charge < -0.3 is 14.4 Å².